The molecule has 1 aromatic carbocycles. The van der Waals surface area contributed by atoms with Gasteiger partial charge in [0.25, 0.3) is 0 Å². The molecule has 0 spiro atoms. The van der Waals surface area contributed by atoms with Gasteiger partial charge in [0.1, 0.15) is 6.33 Å². The van der Waals surface area contributed by atoms with Crippen molar-refractivity contribution >= 4 is 9.84 Å². The third-order valence-electron chi connectivity index (χ3n) is 2.70. The molecule has 0 amide bonds. The molecule has 0 atom stereocenters. The molecular weight excluding hydrogens is 248 g/mol. The van der Waals surface area contributed by atoms with E-state index in [-0.39, 0.29) is 5.75 Å². The lowest BCUT2D eigenvalue weighted by Gasteiger charge is -2.06. The summed E-state index contributed by atoms with van der Waals surface area (Å²) in [5, 5.41) is 0. The minimum absolute atomic E-state index is 0.0644. The van der Waals surface area contributed by atoms with E-state index in [0.29, 0.717) is 11.3 Å². The molecule has 0 radical (unpaired) electrons. The van der Waals surface area contributed by atoms with Gasteiger partial charge in [-0.15, -0.1) is 0 Å². The summed E-state index contributed by atoms with van der Waals surface area (Å²) in [7, 11) is -3.25. The van der Waals surface area contributed by atoms with Crippen molar-refractivity contribution in [2.45, 2.75) is 18.2 Å². The minimum Gasteiger partial charge on any atom is -0.245 e. The zero-order valence-electron chi connectivity index (χ0n) is 10.1. The predicted molar refractivity (Wildman–Crippen MR) is 69.0 cm³/mol. The van der Waals surface area contributed by atoms with Crippen LogP contribution in [0.3, 0.4) is 0 Å². The molecule has 0 saturated heterocycles. The summed E-state index contributed by atoms with van der Waals surface area (Å²) in [5.41, 5.74) is 1.52. The highest BCUT2D eigenvalue weighted by atomic mass is 32.2. The molecule has 2 rings (SSSR count). The van der Waals surface area contributed by atoms with E-state index in [0.717, 1.165) is 11.3 Å². The van der Waals surface area contributed by atoms with E-state index >= 15 is 0 Å². The number of sulfone groups is 1. The van der Waals surface area contributed by atoms with Crippen LogP contribution >= 0.6 is 0 Å². The zero-order valence-corrected chi connectivity index (χ0v) is 10.9. The fourth-order valence-corrected chi connectivity index (χ4v) is 3.26. The van der Waals surface area contributed by atoms with Crippen LogP contribution in [0, 0.1) is 6.92 Å². The Bertz CT molecular complexity index is 624. The second kappa shape index (κ2) is 5.27. The van der Waals surface area contributed by atoms with E-state index < -0.39 is 9.84 Å². The van der Waals surface area contributed by atoms with Gasteiger partial charge in [-0.3, -0.25) is 0 Å². The van der Waals surface area contributed by atoms with Crippen LogP contribution in [-0.4, -0.2) is 24.1 Å². The molecule has 0 aliphatic rings. The van der Waals surface area contributed by atoms with Gasteiger partial charge in [-0.2, -0.15) is 0 Å². The van der Waals surface area contributed by atoms with Gasteiger partial charge in [-0.1, -0.05) is 18.2 Å². The van der Waals surface area contributed by atoms with Crippen molar-refractivity contribution in [3.63, 3.8) is 0 Å². The average Bonchev–Trinajstić information content (AvgIpc) is 2.38. The molecule has 94 valence electrons. The normalized spacial score (nSPS) is 11.4. The second-order valence-corrected chi connectivity index (χ2v) is 6.11. The van der Waals surface area contributed by atoms with Crippen LogP contribution in [0.4, 0.5) is 0 Å². The Balaban J connectivity index is 2.16. The molecule has 0 aliphatic heterocycles. The first-order chi connectivity index (χ1) is 8.59. The molecule has 18 heavy (non-hydrogen) atoms. The first-order valence-electron chi connectivity index (χ1n) is 5.63. The van der Waals surface area contributed by atoms with Crippen LogP contribution in [-0.2, 0) is 16.3 Å². The Morgan fingerprint density at radius 3 is 2.61 bits per heavy atom. The number of hydrogen-bond acceptors (Lipinski definition) is 4. The van der Waals surface area contributed by atoms with E-state index in [2.05, 4.69) is 9.97 Å². The summed E-state index contributed by atoms with van der Waals surface area (Å²) in [6.07, 6.45) is 3.44. The summed E-state index contributed by atoms with van der Waals surface area (Å²) >= 11 is 0. The Morgan fingerprint density at radius 2 is 1.94 bits per heavy atom. The summed E-state index contributed by atoms with van der Waals surface area (Å²) in [4.78, 5) is 8.23. The number of aryl methyl sites for hydroxylation is 2. The number of nitrogens with zero attached hydrogens (tertiary/aromatic N) is 2. The molecule has 0 fully saturated rings. The van der Waals surface area contributed by atoms with E-state index in [1.807, 2.05) is 6.07 Å². The number of hydrogen-bond donors (Lipinski definition) is 0. The molecule has 0 bridgehead atoms. The Morgan fingerprint density at radius 1 is 1.17 bits per heavy atom. The molecule has 1 aromatic heterocycles. The molecule has 0 unspecified atom stereocenters. The summed E-state index contributed by atoms with van der Waals surface area (Å²) in [6, 6.07) is 8.75. The lowest BCUT2D eigenvalue weighted by Crippen LogP contribution is -2.11. The van der Waals surface area contributed by atoms with Crippen molar-refractivity contribution in [2.75, 3.05) is 5.75 Å². The maximum absolute atomic E-state index is 12.2. The first-order valence-corrected chi connectivity index (χ1v) is 7.28. The van der Waals surface area contributed by atoms with Crippen molar-refractivity contribution in [2.24, 2.45) is 0 Å². The highest BCUT2D eigenvalue weighted by molar-refractivity contribution is 7.91. The quantitative estimate of drug-likeness (QED) is 0.843. The van der Waals surface area contributed by atoms with Gasteiger partial charge < -0.3 is 0 Å². The van der Waals surface area contributed by atoms with Crippen LogP contribution < -0.4 is 0 Å². The first kappa shape index (κ1) is 12.7. The van der Waals surface area contributed by atoms with Crippen LogP contribution in [0.1, 0.15) is 11.3 Å². The van der Waals surface area contributed by atoms with Crippen molar-refractivity contribution in [1.29, 1.82) is 0 Å². The van der Waals surface area contributed by atoms with E-state index in [4.69, 9.17) is 0 Å². The monoisotopic (exact) mass is 262 g/mol. The molecule has 0 N–H and O–H groups in total. The van der Waals surface area contributed by atoms with Crippen molar-refractivity contribution in [3.8, 4) is 0 Å². The second-order valence-electron chi connectivity index (χ2n) is 4.04. The van der Waals surface area contributed by atoms with Crippen LogP contribution in [0.25, 0.3) is 0 Å². The van der Waals surface area contributed by atoms with Gasteiger partial charge in [-0.05, 0) is 24.6 Å². The third-order valence-corrected chi connectivity index (χ3v) is 4.57. The molecular formula is C13H14N2O2S. The van der Waals surface area contributed by atoms with Gasteiger partial charge in [0.2, 0.25) is 0 Å². The summed E-state index contributed by atoms with van der Waals surface area (Å²) in [5.74, 6) is 0.0644. The lowest BCUT2D eigenvalue weighted by molar-refractivity contribution is 0.594. The highest BCUT2D eigenvalue weighted by Gasteiger charge is 2.16. The zero-order chi connectivity index (χ0) is 13.0. The smallest absolute Gasteiger partial charge is 0.179 e. The van der Waals surface area contributed by atoms with Crippen LogP contribution in [0.2, 0.25) is 0 Å². The van der Waals surface area contributed by atoms with Crippen molar-refractivity contribution in [3.05, 3.63) is 54.1 Å². The van der Waals surface area contributed by atoms with E-state index in [9.17, 15) is 8.42 Å². The Kier molecular flexibility index (Phi) is 3.72. The predicted octanol–water partition coefficient (Wildman–Crippen LogP) is 1.80. The SMILES string of the molecule is Cc1ccccc1S(=O)(=O)CCc1ccncn1. The van der Waals surface area contributed by atoms with Crippen molar-refractivity contribution < 1.29 is 8.42 Å². The number of benzene rings is 1. The summed E-state index contributed by atoms with van der Waals surface area (Å²) < 4.78 is 24.4. The molecule has 1 heterocycles. The third kappa shape index (κ3) is 2.92. The number of aromatic nitrogens is 2. The fraction of sp³-hybridized carbons (Fsp3) is 0.231. The number of rotatable bonds is 4. The van der Waals surface area contributed by atoms with Crippen molar-refractivity contribution in [1.82, 2.24) is 9.97 Å². The van der Waals surface area contributed by atoms with Gasteiger partial charge >= 0.3 is 0 Å². The maximum Gasteiger partial charge on any atom is 0.179 e. The molecule has 4 nitrogen and oxygen atoms in total. The maximum atomic E-state index is 12.2. The van der Waals surface area contributed by atoms with Gasteiger partial charge in [-0.25, -0.2) is 18.4 Å². The van der Waals surface area contributed by atoms with Gasteiger partial charge in [0.05, 0.1) is 10.6 Å². The Hall–Kier alpha value is -1.75. The minimum atomic E-state index is -3.25. The van der Waals surface area contributed by atoms with Gasteiger partial charge in [0.15, 0.2) is 9.84 Å². The summed E-state index contributed by atoms with van der Waals surface area (Å²) in [6.45, 7) is 1.80. The Labute approximate surface area is 107 Å². The van der Waals surface area contributed by atoms with Crippen LogP contribution in [0.5, 0.6) is 0 Å². The van der Waals surface area contributed by atoms with E-state index in [1.165, 1.54) is 6.33 Å². The van der Waals surface area contributed by atoms with Gasteiger partial charge in [0, 0.05) is 18.3 Å². The average molecular weight is 262 g/mol. The van der Waals surface area contributed by atoms with E-state index in [1.54, 1.807) is 37.4 Å². The van der Waals surface area contributed by atoms with Crippen LogP contribution in [0.15, 0.2) is 47.8 Å². The highest BCUT2D eigenvalue weighted by Crippen LogP contribution is 2.16. The molecule has 5 heteroatoms. The largest absolute Gasteiger partial charge is 0.245 e. The lowest BCUT2D eigenvalue weighted by atomic mass is 10.2. The molecule has 0 aliphatic carbocycles. The fourth-order valence-electron chi connectivity index (χ4n) is 1.72. The topological polar surface area (TPSA) is 59.9 Å². The standard InChI is InChI=1S/C13H14N2O2S/c1-11-4-2-3-5-13(11)18(16,17)9-7-12-6-8-14-10-15-12/h2-6,8,10H,7,9H2,1H3. The molecule has 2 aromatic rings. The molecule has 0 saturated carbocycles.